The molecule has 3 heterocycles. The summed E-state index contributed by atoms with van der Waals surface area (Å²) in [5.41, 5.74) is 11.5. The van der Waals surface area contributed by atoms with Gasteiger partial charge in [-0.1, -0.05) is 0 Å². The highest BCUT2D eigenvalue weighted by Gasteiger charge is 2.53. The molecule has 0 spiro atoms. The van der Waals surface area contributed by atoms with Crippen molar-refractivity contribution < 1.29 is 74.4 Å². The minimum Gasteiger partial charge on any atom is -0.465 e. The number of amides is 1. The van der Waals surface area contributed by atoms with Crippen LogP contribution in [0, 0.1) is 0 Å². The lowest BCUT2D eigenvalue weighted by Crippen LogP contribution is -2.70. The van der Waals surface area contributed by atoms with Crippen molar-refractivity contribution in [2.24, 2.45) is 11.5 Å². The normalized spacial score (nSPS) is 49.0. The Morgan fingerprint density at radius 1 is 0.703 bits per heavy atom. The third kappa shape index (κ3) is 6.30. The molecular formula is C19H35N3O15. The van der Waals surface area contributed by atoms with Crippen LogP contribution in [0.1, 0.15) is 0 Å². The fraction of sp³-hybridized carbons (Fsp3) is 0.947. The van der Waals surface area contributed by atoms with Gasteiger partial charge in [0.05, 0.1) is 31.9 Å². The van der Waals surface area contributed by atoms with Crippen LogP contribution in [0.3, 0.4) is 0 Å². The molecule has 0 bridgehead atoms. The molecule has 3 aliphatic rings. The second-order valence-electron chi connectivity index (χ2n) is 8.99. The minimum atomic E-state index is -1.83. The predicted octanol–water partition coefficient (Wildman–Crippen LogP) is -7.36. The first-order valence-electron chi connectivity index (χ1n) is 11.5. The van der Waals surface area contributed by atoms with Crippen molar-refractivity contribution in [3.8, 4) is 0 Å². The Labute approximate surface area is 209 Å². The minimum absolute atomic E-state index is 0.717. The van der Waals surface area contributed by atoms with Gasteiger partial charge in [0, 0.05) is 0 Å². The predicted molar refractivity (Wildman–Crippen MR) is 114 cm³/mol. The van der Waals surface area contributed by atoms with Crippen molar-refractivity contribution >= 4 is 6.09 Å². The van der Waals surface area contributed by atoms with Gasteiger partial charge in [0.2, 0.25) is 0 Å². The zero-order valence-corrected chi connectivity index (χ0v) is 19.4. The third-order valence-corrected chi connectivity index (χ3v) is 6.57. The monoisotopic (exact) mass is 545 g/mol. The van der Waals surface area contributed by atoms with Crippen molar-refractivity contribution in [2.45, 2.75) is 91.9 Å². The molecule has 0 aromatic carbocycles. The summed E-state index contributed by atoms with van der Waals surface area (Å²) in [5, 5.41) is 91.6. The van der Waals surface area contributed by atoms with Crippen LogP contribution in [0.5, 0.6) is 0 Å². The molecule has 0 radical (unpaired) electrons. The third-order valence-electron chi connectivity index (χ3n) is 6.57. The van der Waals surface area contributed by atoms with Crippen molar-refractivity contribution in [3.05, 3.63) is 0 Å². The smallest absolute Gasteiger partial charge is 0.405 e. The van der Waals surface area contributed by atoms with Crippen molar-refractivity contribution in [3.63, 3.8) is 0 Å². The Hall–Kier alpha value is -1.33. The summed E-state index contributed by atoms with van der Waals surface area (Å²) in [6.07, 6.45) is -20.2. The van der Waals surface area contributed by atoms with Gasteiger partial charge in [-0.05, 0) is 0 Å². The number of ether oxygens (including phenoxy) is 5. The Balaban J connectivity index is 1.83. The van der Waals surface area contributed by atoms with Crippen LogP contribution >= 0.6 is 0 Å². The highest BCUT2D eigenvalue weighted by Crippen LogP contribution is 2.31. The maximum absolute atomic E-state index is 11.5. The molecule has 3 saturated heterocycles. The highest BCUT2D eigenvalue weighted by atomic mass is 16.7. The summed E-state index contributed by atoms with van der Waals surface area (Å²) < 4.78 is 27.4. The molecule has 0 saturated carbocycles. The molecule has 15 atom stereocenters. The van der Waals surface area contributed by atoms with Crippen molar-refractivity contribution in [1.29, 1.82) is 0 Å². The van der Waals surface area contributed by atoms with Crippen LogP contribution in [0.2, 0.25) is 0 Å². The van der Waals surface area contributed by atoms with E-state index >= 15 is 0 Å². The number of carbonyl (C=O) groups is 1. The Morgan fingerprint density at radius 3 is 1.78 bits per heavy atom. The lowest BCUT2D eigenvalue weighted by atomic mass is 9.94. The first-order valence-corrected chi connectivity index (χ1v) is 11.5. The van der Waals surface area contributed by atoms with E-state index in [9.17, 15) is 50.8 Å². The number of carboxylic acid groups (broad SMARTS) is 1. The second-order valence-corrected chi connectivity index (χ2v) is 8.99. The van der Waals surface area contributed by atoms with E-state index in [4.69, 9.17) is 35.2 Å². The standard InChI is InChI=1S/C19H35N3O15/c20-7-12(28)14(5(2-24)33-16(7)30)37-18-9(22-19(31)32)13(29)15(6(3-25)35-18)36-17-8(21)11(27)10(26)4(1-23)34-17/h4-18,22-30H,1-3,20-21H2,(H,31,32)/t4-,5-,6-,7-,8-,9-,10-,11-,12-,13-,14?,15?,16-,17+,18+/m1/s1. The molecule has 3 fully saturated rings. The average Bonchev–Trinajstić information content (AvgIpc) is 2.87. The van der Waals surface area contributed by atoms with E-state index in [1.165, 1.54) is 0 Å². The quantitative estimate of drug-likeness (QED) is 0.135. The maximum atomic E-state index is 11.5. The van der Waals surface area contributed by atoms with E-state index in [2.05, 4.69) is 0 Å². The fourth-order valence-corrected chi connectivity index (χ4v) is 4.45. The van der Waals surface area contributed by atoms with E-state index in [1.807, 2.05) is 5.32 Å². The number of rotatable bonds is 8. The average molecular weight is 545 g/mol. The molecule has 14 N–H and O–H groups in total. The van der Waals surface area contributed by atoms with Gasteiger partial charge >= 0.3 is 6.09 Å². The molecular weight excluding hydrogens is 510 g/mol. The van der Waals surface area contributed by atoms with Gasteiger partial charge in [0.25, 0.3) is 0 Å². The van der Waals surface area contributed by atoms with Gasteiger partial charge in [0.15, 0.2) is 18.9 Å². The molecule has 0 aromatic rings. The van der Waals surface area contributed by atoms with E-state index in [0.717, 1.165) is 0 Å². The first kappa shape index (κ1) is 30.2. The van der Waals surface area contributed by atoms with E-state index in [-0.39, 0.29) is 0 Å². The molecule has 18 nitrogen and oxygen atoms in total. The Morgan fingerprint density at radius 2 is 1.22 bits per heavy atom. The van der Waals surface area contributed by atoms with Crippen LogP contribution in [0.4, 0.5) is 4.79 Å². The summed E-state index contributed by atoms with van der Waals surface area (Å²) in [7, 11) is 0. The number of nitrogens with one attached hydrogen (secondary N) is 1. The summed E-state index contributed by atoms with van der Waals surface area (Å²) in [4.78, 5) is 11.5. The lowest BCUT2D eigenvalue weighted by Gasteiger charge is -2.49. The van der Waals surface area contributed by atoms with Gasteiger partial charge in [-0.3, -0.25) is 0 Å². The fourth-order valence-electron chi connectivity index (χ4n) is 4.45. The molecule has 0 aliphatic carbocycles. The first-order chi connectivity index (χ1) is 17.4. The van der Waals surface area contributed by atoms with Gasteiger partial charge in [0.1, 0.15) is 61.0 Å². The van der Waals surface area contributed by atoms with Gasteiger partial charge in [-0.25, -0.2) is 4.79 Å². The number of hydrogen-bond acceptors (Lipinski definition) is 16. The van der Waals surface area contributed by atoms with Crippen LogP contribution in [-0.2, 0) is 23.7 Å². The maximum Gasteiger partial charge on any atom is 0.405 e. The summed E-state index contributed by atoms with van der Waals surface area (Å²) in [6.45, 7) is -2.28. The summed E-state index contributed by atoms with van der Waals surface area (Å²) in [5.74, 6) is 0. The highest BCUT2D eigenvalue weighted by molar-refractivity contribution is 5.65. The molecule has 216 valence electrons. The van der Waals surface area contributed by atoms with E-state index in [1.54, 1.807) is 0 Å². The zero-order valence-electron chi connectivity index (χ0n) is 19.4. The van der Waals surface area contributed by atoms with Crippen LogP contribution in [-0.4, -0.2) is 164 Å². The number of hydrogen-bond donors (Lipinski definition) is 12. The van der Waals surface area contributed by atoms with Crippen LogP contribution < -0.4 is 16.8 Å². The van der Waals surface area contributed by atoms with Crippen LogP contribution in [0.15, 0.2) is 0 Å². The Bertz CT molecular complexity index is 750. The Kier molecular flexibility index (Phi) is 10.4. The van der Waals surface area contributed by atoms with Crippen LogP contribution in [0.25, 0.3) is 0 Å². The molecule has 0 aromatic heterocycles. The zero-order chi connectivity index (χ0) is 27.6. The number of aliphatic hydroxyl groups excluding tert-OH is 8. The molecule has 37 heavy (non-hydrogen) atoms. The lowest BCUT2D eigenvalue weighted by molar-refractivity contribution is -0.349. The molecule has 1 amide bonds. The summed E-state index contributed by atoms with van der Waals surface area (Å²) >= 11 is 0. The SMILES string of the molecule is N[C@H]1[C@H](OC2[C@@H](CO)O[C@@H](OC3[C@@H](CO)O[C@@H](O)[C@H](N)[C@H]3O)[C@H](NC(=O)O)[C@H]2O)O[C@H](CO)[C@@H](O)[C@@H]1O. The molecule has 3 rings (SSSR count). The topological polar surface area (TPSA) is 309 Å². The largest absolute Gasteiger partial charge is 0.465 e. The molecule has 18 heteroatoms. The van der Waals surface area contributed by atoms with Gasteiger partial charge in [-0.15, -0.1) is 0 Å². The molecule has 3 aliphatic heterocycles. The van der Waals surface area contributed by atoms with Gasteiger partial charge in [-0.2, -0.15) is 0 Å². The van der Waals surface area contributed by atoms with E-state index < -0.39 is 118 Å². The van der Waals surface area contributed by atoms with Crippen molar-refractivity contribution in [2.75, 3.05) is 19.8 Å². The van der Waals surface area contributed by atoms with Crippen molar-refractivity contribution in [1.82, 2.24) is 5.32 Å². The molecule has 2 unspecified atom stereocenters. The van der Waals surface area contributed by atoms with Gasteiger partial charge < -0.3 is 86.4 Å². The van der Waals surface area contributed by atoms with E-state index in [0.29, 0.717) is 0 Å². The second kappa shape index (κ2) is 12.7. The number of nitrogens with two attached hydrogens (primary N) is 2. The number of aliphatic hydroxyl groups is 8. The summed E-state index contributed by atoms with van der Waals surface area (Å²) in [6, 6.07) is -4.39.